The molecule has 6 N–H and O–H groups in total. The maximum absolute atomic E-state index is 13.6. The molecule has 1 fully saturated rings. The van der Waals surface area contributed by atoms with Gasteiger partial charge in [0.1, 0.15) is 11.3 Å². The first kappa shape index (κ1) is 21.8. The van der Waals surface area contributed by atoms with E-state index in [0.29, 0.717) is 12.5 Å². The van der Waals surface area contributed by atoms with Gasteiger partial charge < -0.3 is 21.7 Å². The Hall–Kier alpha value is -2.44. The van der Waals surface area contributed by atoms with Crippen molar-refractivity contribution in [3.63, 3.8) is 0 Å². The second kappa shape index (κ2) is 9.37. The second-order valence-electron chi connectivity index (χ2n) is 9.29. The Morgan fingerprint density at radius 1 is 1.26 bits per heavy atom. The molecule has 1 aliphatic carbocycles. The van der Waals surface area contributed by atoms with Crippen molar-refractivity contribution in [2.45, 2.75) is 44.6 Å². The van der Waals surface area contributed by atoms with E-state index in [9.17, 15) is 4.79 Å². The number of hydrogen-bond donors (Lipinski definition) is 4. The molecule has 1 saturated heterocycles. The molecule has 0 bridgehead atoms. The minimum absolute atomic E-state index is 0.0131. The lowest BCUT2D eigenvalue weighted by molar-refractivity contribution is -0.120. The van der Waals surface area contributed by atoms with E-state index in [-0.39, 0.29) is 17.5 Å². The van der Waals surface area contributed by atoms with Crippen molar-refractivity contribution in [3.05, 3.63) is 53.6 Å². The smallest absolute Gasteiger partial charge is 0.176 e. The van der Waals surface area contributed by atoms with Gasteiger partial charge in [0.15, 0.2) is 5.78 Å². The molecule has 0 saturated carbocycles. The molecule has 2 heterocycles. The Balaban J connectivity index is 1.37. The highest BCUT2D eigenvalue weighted by Crippen LogP contribution is 2.38. The molecule has 0 radical (unpaired) electrons. The number of carbonyl (C=O) groups is 1. The van der Waals surface area contributed by atoms with Crippen LogP contribution in [-0.4, -0.2) is 48.7 Å². The molecule has 3 atom stereocenters. The van der Waals surface area contributed by atoms with Crippen molar-refractivity contribution in [2.24, 2.45) is 22.8 Å². The van der Waals surface area contributed by atoms with E-state index in [4.69, 9.17) is 16.9 Å². The number of Topliss-reactive ketones (excluding diaryl/α,β-unsaturated/α-hetero) is 1. The number of carbonyl (C=O) groups excluding carboxylic acids is 1. The average Bonchev–Trinajstić information content (AvgIpc) is 3.19. The minimum Gasteiger partial charge on any atom is -0.387 e. The van der Waals surface area contributed by atoms with Crippen molar-refractivity contribution >= 4 is 17.3 Å². The lowest BCUT2D eigenvalue weighted by atomic mass is 9.69. The Labute approximate surface area is 185 Å². The van der Waals surface area contributed by atoms with Crippen LogP contribution in [0.15, 0.2) is 48.1 Å². The summed E-state index contributed by atoms with van der Waals surface area (Å²) in [5, 5.41) is 11.7. The van der Waals surface area contributed by atoms with Crippen molar-refractivity contribution < 1.29 is 4.79 Å². The van der Waals surface area contributed by atoms with Gasteiger partial charge in [-0.3, -0.25) is 10.2 Å². The fourth-order valence-corrected chi connectivity index (χ4v) is 5.23. The third kappa shape index (κ3) is 4.60. The van der Waals surface area contributed by atoms with Crippen LogP contribution in [0.5, 0.6) is 0 Å². The molecule has 4 rings (SSSR count). The maximum Gasteiger partial charge on any atom is 0.176 e. The summed E-state index contributed by atoms with van der Waals surface area (Å²) < 4.78 is 0. The van der Waals surface area contributed by atoms with Crippen LogP contribution in [0.1, 0.15) is 37.7 Å². The number of likely N-dealkylation sites (tertiary alicyclic amines) is 1. The molecule has 3 aliphatic rings. The summed E-state index contributed by atoms with van der Waals surface area (Å²) in [4.78, 5) is 16.0. The third-order valence-corrected chi connectivity index (χ3v) is 7.12. The van der Waals surface area contributed by atoms with E-state index in [0.717, 1.165) is 69.5 Å². The fourth-order valence-electron chi connectivity index (χ4n) is 5.23. The highest BCUT2D eigenvalue weighted by atomic mass is 16.1. The molecular formula is C25H35N5O. The summed E-state index contributed by atoms with van der Waals surface area (Å²) in [5.41, 5.74) is 14.2. The summed E-state index contributed by atoms with van der Waals surface area (Å²) in [5.74, 6) is 0.0821. The van der Waals surface area contributed by atoms with Gasteiger partial charge in [-0.05, 0) is 50.4 Å². The van der Waals surface area contributed by atoms with Crippen LogP contribution in [0.2, 0.25) is 0 Å². The van der Waals surface area contributed by atoms with Gasteiger partial charge in [-0.25, -0.2) is 0 Å². The molecule has 6 heteroatoms. The van der Waals surface area contributed by atoms with Gasteiger partial charge in [0.05, 0.1) is 0 Å². The van der Waals surface area contributed by atoms with Crippen LogP contribution in [-0.2, 0) is 11.2 Å². The summed E-state index contributed by atoms with van der Waals surface area (Å²) in [6, 6.07) is 8.58. The van der Waals surface area contributed by atoms with Crippen molar-refractivity contribution in [3.8, 4) is 0 Å². The SMILES string of the molecule is N=C(N)C1(CCCCCN2CCC(N)C2)C=CC=C(C2CNc3ccccc3C2)C1=O. The van der Waals surface area contributed by atoms with Crippen LogP contribution >= 0.6 is 0 Å². The number of benzene rings is 1. The molecule has 2 aliphatic heterocycles. The molecule has 1 aromatic carbocycles. The van der Waals surface area contributed by atoms with Crippen molar-refractivity contribution in [2.75, 3.05) is 31.5 Å². The van der Waals surface area contributed by atoms with Crippen LogP contribution < -0.4 is 16.8 Å². The summed E-state index contributed by atoms with van der Waals surface area (Å²) in [6.07, 6.45) is 11.2. The lowest BCUT2D eigenvalue weighted by Crippen LogP contribution is -2.46. The number of ketones is 1. The summed E-state index contributed by atoms with van der Waals surface area (Å²) in [7, 11) is 0. The number of anilines is 1. The largest absolute Gasteiger partial charge is 0.387 e. The number of amidine groups is 1. The number of nitrogens with zero attached hydrogens (tertiary/aromatic N) is 1. The molecule has 0 aromatic heterocycles. The molecule has 31 heavy (non-hydrogen) atoms. The third-order valence-electron chi connectivity index (χ3n) is 7.12. The van der Waals surface area contributed by atoms with Gasteiger partial charge in [-0.2, -0.15) is 0 Å². The first-order valence-electron chi connectivity index (χ1n) is 11.6. The first-order chi connectivity index (χ1) is 15.0. The van der Waals surface area contributed by atoms with Gasteiger partial charge in [-0.1, -0.05) is 49.3 Å². The highest BCUT2D eigenvalue weighted by Gasteiger charge is 2.43. The Bertz CT molecular complexity index is 892. The Morgan fingerprint density at radius 2 is 2.10 bits per heavy atom. The summed E-state index contributed by atoms with van der Waals surface area (Å²) >= 11 is 0. The normalized spacial score (nSPS) is 28.2. The van der Waals surface area contributed by atoms with E-state index in [1.54, 1.807) is 0 Å². The standard InChI is InChI=1S/C25H35N5O/c26-20-10-14-30(17-20)13-5-1-4-11-25(24(27)28)12-6-8-21(23(25)31)19-15-18-7-2-3-9-22(18)29-16-19/h2-3,6-9,12,19-20,29H,1,4-5,10-11,13-17,26H2,(H3,27,28). The fraction of sp³-hybridized carbons (Fsp3) is 0.520. The predicted molar refractivity (Wildman–Crippen MR) is 126 cm³/mol. The zero-order valence-electron chi connectivity index (χ0n) is 18.3. The Kier molecular flexibility index (Phi) is 6.58. The van der Waals surface area contributed by atoms with Gasteiger partial charge >= 0.3 is 0 Å². The van der Waals surface area contributed by atoms with Crippen LogP contribution in [0, 0.1) is 16.7 Å². The minimum atomic E-state index is -0.989. The van der Waals surface area contributed by atoms with E-state index in [1.165, 1.54) is 5.56 Å². The number of rotatable bonds is 8. The van der Waals surface area contributed by atoms with Crippen molar-refractivity contribution in [1.82, 2.24) is 4.90 Å². The summed E-state index contributed by atoms with van der Waals surface area (Å²) in [6.45, 7) is 3.87. The quantitative estimate of drug-likeness (QED) is 0.293. The number of fused-ring (bicyclic) bond motifs is 1. The molecule has 0 spiro atoms. The van der Waals surface area contributed by atoms with Crippen LogP contribution in [0.3, 0.4) is 0 Å². The van der Waals surface area contributed by atoms with E-state index in [2.05, 4.69) is 22.3 Å². The predicted octanol–water partition coefficient (Wildman–Crippen LogP) is 2.85. The number of nitrogens with one attached hydrogen (secondary N) is 2. The molecule has 166 valence electrons. The molecular weight excluding hydrogens is 386 g/mol. The topological polar surface area (TPSA) is 108 Å². The average molecular weight is 422 g/mol. The van der Waals surface area contributed by atoms with Gasteiger partial charge in [0.2, 0.25) is 0 Å². The maximum atomic E-state index is 13.6. The van der Waals surface area contributed by atoms with Gasteiger partial charge in [0, 0.05) is 36.3 Å². The number of hydrogen-bond acceptors (Lipinski definition) is 5. The Morgan fingerprint density at radius 3 is 2.87 bits per heavy atom. The zero-order valence-corrected chi connectivity index (χ0v) is 18.3. The molecule has 6 nitrogen and oxygen atoms in total. The van der Waals surface area contributed by atoms with Crippen LogP contribution in [0.25, 0.3) is 0 Å². The zero-order chi connectivity index (χ0) is 21.8. The molecule has 3 unspecified atom stereocenters. The molecule has 0 amide bonds. The van der Waals surface area contributed by atoms with Crippen molar-refractivity contribution in [1.29, 1.82) is 5.41 Å². The lowest BCUT2D eigenvalue weighted by Gasteiger charge is -2.35. The molecule has 1 aromatic rings. The monoisotopic (exact) mass is 421 g/mol. The van der Waals surface area contributed by atoms with E-state index < -0.39 is 5.41 Å². The highest BCUT2D eigenvalue weighted by molar-refractivity contribution is 6.17. The van der Waals surface area contributed by atoms with E-state index in [1.807, 2.05) is 30.4 Å². The number of para-hydroxylation sites is 1. The van der Waals surface area contributed by atoms with E-state index >= 15 is 0 Å². The van der Waals surface area contributed by atoms with Gasteiger partial charge in [0.25, 0.3) is 0 Å². The van der Waals surface area contributed by atoms with Crippen LogP contribution in [0.4, 0.5) is 5.69 Å². The number of allylic oxidation sites excluding steroid dienone is 2. The first-order valence-corrected chi connectivity index (χ1v) is 11.6. The van der Waals surface area contributed by atoms with Gasteiger partial charge in [-0.15, -0.1) is 0 Å². The second-order valence-corrected chi connectivity index (χ2v) is 9.29. The number of nitrogens with two attached hydrogens (primary N) is 2. The number of unbranched alkanes of at least 4 members (excludes halogenated alkanes) is 2.